The summed E-state index contributed by atoms with van der Waals surface area (Å²) in [6, 6.07) is 3.35. The van der Waals surface area contributed by atoms with Gasteiger partial charge in [0.2, 0.25) is 0 Å². The van der Waals surface area contributed by atoms with Crippen LogP contribution in [0.1, 0.15) is 18.3 Å². The fraction of sp³-hybridized carbons (Fsp3) is 0.278. The number of pyridine rings is 1. The SMILES string of the molecule is COc1cc(Nc2cc(N)nc(C(F)F)n2)ncc1-c1cnn(C2CNC2)c1.O=CO. The molecule has 0 amide bonds. The molecule has 1 saturated heterocycles. The van der Waals surface area contributed by atoms with Crippen molar-refractivity contribution in [1.82, 2.24) is 30.0 Å². The minimum absolute atomic E-state index is 0.0608. The topological polar surface area (TPSA) is 153 Å². The Kier molecular flexibility index (Phi) is 6.87. The number of nitrogens with zero attached hydrogens (tertiary/aromatic N) is 5. The van der Waals surface area contributed by atoms with Crippen LogP contribution in [0.25, 0.3) is 11.1 Å². The summed E-state index contributed by atoms with van der Waals surface area (Å²) in [4.78, 5) is 19.9. The predicted molar refractivity (Wildman–Crippen MR) is 107 cm³/mol. The minimum Gasteiger partial charge on any atom is -0.496 e. The van der Waals surface area contributed by atoms with Crippen molar-refractivity contribution in [3.05, 3.63) is 36.5 Å². The molecule has 31 heavy (non-hydrogen) atoms. The summed E-state index contributed by atoms with van der Waals surface area (Å²) in [5, 5.41) is 17.3. The Morgan fingerprint density at radius 3 is 2.68 bits per heavy atom. The van der Waals surface area contributed by atoms with E-state index in [1.807, 2.05) is 10.9 Å². The normalized spacial score (nSPS) is 13.2. The second-order valence-electron chi connectivity index (χ2n) is 6.36. The fourth-order valence-electron chi connectivity index (χ4n) is 2.81. The first-order valence-electron chi connectivity index (χ1n) is 9.02. The minimum atomic E-state index is -2.82. The van der Waals surface area contributed by atoms with Crippen LogP contribution in [0.4, 0.5) is 26.2 Å². The lowest BCUT2D eigenvalue weighted by molar-refractivity contribution is -0.122. The highest BCUT2D eigenvalue weighted by atomic mass is 19.3. The molecule has 0 aliphatic carbocycles. The van der Waals surface area contributed by atoms with Crippen LogP contribution in [-0.2, 0) is 4.79 Å². The van der Waals surface area contributed by atoms with Crippen molar-refractivity contribution in [2.24, 2.45) is 0 Å². The molecule has 1 aliphatic heterocycles. The van der Waals surface area contributed by atoms with Gasteiger partial charge in [0, 0.05) is 48.7 Å². The molecule has 3 aromatic heterocycles. The number of nitrogens with two attached hydrogens (primary N) is 1. The summed E-state index contributed by atoms with van der Waals surface area (Å²) in [5.41, 5.74) is 7.20. The van der Waals surface area contributed by atoms with E-state index in [2.05, 4.69) is 30.7 Å². The summed E-state index contributed by atoms with van der Waals surface area (Å²) in [7, 11) is 1.54. The number of hydrogen-bond acceptors (Lipinski definition) is 9. The molecule has 1 fully saturated rings. The third-order valence-electron chi connectivity index (χ3n) is 4.35. The van der Waals surface area contributed by atoms with Gasteiger partial charge in [-0.25, -0.2) is 23.7 Å². The van der Waals surface area contributed by atoms with Crippen molar-refractivity contribution in [3.63, 3.8) is 0 Å². The lowest BCUT2D eigenvalue weighted by atomic mass is 10.1. The summed E-state index contributed by atoms with van der Waals surface area (Å²) in [5.74, 6) is 0.336. The zero-order chi connectivity index (χ0) is 22.4. The van der Waals surface area contributed by atoms with Gasteiger partial charge >= 0.3 is 0 Å². The standard InChI is InChI=1S/C17H18F2N8O.CH2O2/c1-28-12-2-14(25-15-3-13(20)24-17(26-15)16(18)19)22-7-11(12)9-4-23-27(8-9)10-5-21-6-10;2-1-3/h2-4,7-8,10,16,21H,5-6H2,1H3,(H3,20,22,24,25,26);1H,(H,2,3). The van der Waals surface area contributed by atoms with Gasteiger partial charge in [0.25, 0.3) is 12.9 Å². The maximum atomic E-state index is 12.9. The Bertz CT molecular complexity index is 1040. The number of rotatable bonds is 6. The Morgan fingerprint density at radius 1 is 1.32 bits per heavy atom. The van der Waals surface area contributed by atoms with Crippen LogP contribution in [0.2, 0.25) is 0 Å². The van der Waals surface area contributed by atoms with E-state index in [1.165, 1.54) is 6.07 Å². The molecule has 4 heterocycles. The average molecular weight is 434 g/mol. The van der Waals surface area contributed by atoms with Gasteiger partial charge in [-0.15, -0.1) is 0 Å². The van der Waals surface area contributed by atoms with Crippen LogP contribution >= 0.6 is 0 Å². The maximum absolute atomic E-state index is 12.9. The molecule has 5 N–H and O–H groups in total. The third-order valence-corrected chi connectivity index (χ3v) is 4.35. The summed E-state index contributed by atoms with van der Waals surface area (Å²) < 4.78 is 33.1. The van der Waals surface area contributed by atoms with E-state index in [0.717, 1.165) is 24.2 Å². The monoisotopic (exact) mass is 434 g/mol. The number of hydrogen-bond donors (Lipinski definition) is 4. The van der Waals surface area contributed by atoms with Crippen LogP contribution in [-0.4, -0.2) is 56.5 Å². The number of aromatic nitrogens is 5. The number of alkyl halides is 2. The number of nitrogen functional groups attached to an aromatic ring is 1. The van der Waals surface area contributed by atoms with E-state index in [9.17, 15) is 8.78 Å². The van der Waals surface area contributed by atoms with Gasteiger partial charge < -0.3 is 26.2 Å². The van der Waals surface area contributed by atoms with Crippen molar-refractivity contribution < 1.29 is 23.4 Å². The molecule has 1 aliphatic rings. The van der Waals surface area contributed by atoms with Crippen molar-refractivity contribution in [2.45, 2.75) is 12.5 Å². The van der Waals surface area contributed by atoms with Crippen LogP contribution in [0, 0.1) is 0 Å². The zero-order valence-corrected chi connectivity index (χ0v) is 16.4. The molecule has 0 atom stereocenters. The first-order chi connectivity index (χ1) is 14.9. The molecule has 0 saturated carbocycles. The quantitative estimate of drug-likeness (QED) is 0.423. The van der Waals surface area contributed by atoms with Gasteiger partial charge in [0.1, 0.15) is 23.2 Å². The van der Waals surface area contributed by atoms with Crippen LogP contribution < -0.4 is 21.1 Å². The molecule has 0 bridgehead atoms. The highest BCUT2D eigenvalue weighted by molar-refractivity contribution is 5.71. The Labute approximate surface area is 175 Å². The summed E-state index contributed by atoms with van der Waals surface area (Å²) in [6.07, 6.45) is 2.50. The largest absolute Gasteiger partial charge is 0.496 e. The van der Waals surface area contributed by atoms with Gasteiger partial charge in [-0.2, -0.15) is 5.10 Å². The smallest absolute Gasteiger partial charge is 0.297 e. The van der Waals surface area contributed by atoms with E-state index < -0.39 is 12.2 Å². The molecular formula is C18H20F2N8O3. The van der Waals surface area contributed by atoms with Crippen molar-refractivity contribution in [1.29, 1.82) is 0 Å². The first-order valence-corrected chi connectivity index (χ1v) is 9.02. The van der Waals surface area contributed by atoms with E-state index in [0.29, 0.717) is 17.6 Å². The fourth-order valence-corrected chi connectivity index (χ4v) is 2.81. The molecular weight excluding hydrogens is 414 g/mol. The second kappa shape index (κ2) is 9.75. The molecule has 0 spiro atoms. The lowest BCUT2D eigenvalue weighted by Crippen LogP contribution is -2.43. The number of halogens is 2. The Morgan fingerprint density at radius 2 is 2.06 bits per heavy atom. The third kappa shape index (κ3) is 5.19. The van der Waals surface area contributed by atoms with Gasteiger partial charge in [-0.1, -0.05) is 0 Å². The summed E-state index contributed by atoms with van der Waals surface area (Å²) in [6.45, 7) is 1.53. The molecule has 0 radical (unpaired) electrons. The molecule has 3 aromatic rings. The van der Waals surface area contributed by atoms with E-state index in [-0.39, 0.29) is 18.1 Å². The van der Waals surface area contributed by atoms with Gasteiger partial charge in [0.05, 0.1) is 19.3 Å². The van der Waals surface area contributed by atoms with Crippen LogP contribution in [0.15, 0.2) is 30.7 Å². The van der Waals surface area contributed by atoms with Crippen molar-refractivity contribution in [2.75, 3.05) is 31.2 Å². The number of anilines is 3. The second-order valence-corrected chi connectivity index (χ2v) is 6.36. The first kappa shape index (κ1) is 21.8. The highest BCUT2D eigenvalue weighted by Crippen LogP contribution is 2.32. The Hall–Kier alpha value is -3.87. The molecule has 164 valence electrons. The number of carboxylic acid groups (broad SMARTS) is 1. The zero-order valence-electron chi connectivity index (χ0n) is 16.4. The van der Waals surface area contributed by atoms with Crippen molar-refractivity contribution >= 4 is 23.9 Å². The van der Waals surface area contributed by atoms with Crippen LogP contribution in [0.5, 0.6) is 5.75 Å². The highest BCUT2D eigenvalue weighted by Gasteiger charge is 2.20. The van der Waals surface area contributed by atoms with Gasteiger partial charge in [0.15, 0.2) is 5.82 Å². The van der Waals surface area contributed by atoms with E-state index >= 15 is 0 Å². The van der Waals surface area contributed by atoms with Gasteiger partial charge in [-0.3, -0.25) is 9.48 Å². The number of carbonyl (C=O) groups is 1. The molecule has 11 nitrogen and oxygen atoms in total. The lowest BCUT2D eigenvalue weighted by Gasteiger charge is -2.27. The van der Waals surface area contributed by atoms with E-state index in [1.54, 1.807) is 25.6 Å². The molecule has 13 heteroatoms. The number of nitrogens with one attached hydrogen (secondary N) is 2. The van der Waals surface area contributed by atoms with Gasteiger partial charge in [-0.05, 0) is 0 Å². The molecule has 0 aromatic carbocycles. The van der Waals surface area contributed by atoms with Crippen molar-refractivity contribution in [3.8, 4) is 16.9 Å². The molecule has 0 unspecified atom stereocenters. The number of ether oxygens (including phenoxy) is 1. The summed E-state index contributed by atoms with van der Waals surface area (Å²) >= 11 is 0. The Balaban J connectivity index is 0.000000858. The molecule has 4 rings (SSSR count). The maximum Gasteiger partial charge on any atom is 0.297 e. The van der Waals surface area contributed by atoms with Crippen LogP contribution in [0.3, 0.4) is 0 Å². The predicted octanol–water partition coefficient (Wildman–Crippen LogP) is 1.85. The number of methoxy groups -OCH3 is 1. The average Bonchev–Trinajstić information content (AvgIpc) is 3.15. The van der Waals surface area contributed by atoms with E-state index in [4.69, 9.17) is 20.4 Å².